The Morgan fingerprint density at radius 3 is 2.42 bits per heavy atom. The molecule has 1 N–H and O–H groups in total. The maximum atomic E-state index is 9.98. The summed E-state index contributed by atoms with van der Waals surface area (Å²) in [6, 6.07) is 0.380. The van der Waals surface area contributed by atoms with Crippen LogP contribution in [0.4, 0.5) is 0 Å². The molecule has 72 valence electrons. The van der Waals surface area contributed by atoms with Crippen LogP contribution in [0.25, 0.3) is 0 Å². The number of aliphatic hydroxyl groups excluding tert-OH is 1. The van der Waals surface area contributed by atoms with Crippen LogP contribution in [0, 0.1) is 5.41 Å². The van der Waals surface area contributed by atoms with E-state index in [1.165, 1.54) is 0 Å². The molecule has 0 amide bonds. The Kier molecular flexibility index (Phi) is 2.79. The minimum atomic E-state index is -0.151. The second-order valence-corrected chi connectivity index (χ2v) is 4.61. The van der Waals surface area contributed by atoms with E-state index in [1.807, 2.05) is 0 Å². The average molecular weight is 171 g/mol. The lowest BCUT2D eigenvalue weighted by molar-refractivity contribution is 0.0248. The Morgan fingerprint density at radius 2 is 2.08 bits per heavy atom. The molecule has 0 saturated heterocycles. The van der Waals surface area contributed by atoms with Crippen molar-refractivity contribution in [2.75, 3.05) is 13.6 Å². The first-order valence-corrected chi connectivity index (χ1v) is 4.87. The third-order valence-electron chi connectivity index (χ3n) is 3.31. The van der Waals surface area contributed by atoms with Crippen LogP contribution in [0.2, 0.25) is 0 Å². The number of rotatable bonds is 2. The van der Waals surface area contributed by atoms with Gasteiger partial charge in [-0.3, -0.25) is 0 Å². The van der Waals surface area contributed by atoms with E-state index in [0.717, 1.165) is 19.4 Å². The molecule has 2 nitrogen and oxygen atoms in total. The van der Waals surface area contributed by atoms with E-state index in [2.05, 4.69) is 32.7 Å². The normalized spacial score (nSPS) is 34.5. The standard InChI is InChI=1S/C10H21NO/c1-5-11(4)8-6-7-10(2,3)9(8)12/h8-9,12H,5-7H2,1-4H3. The minimum Gasteiger partial charge on any atom is -0.391 e. The van der Waals surface area contributed by atoms with Crippen LogP contribution in [-0.4, -0.2) is 35.7 Å². The van der Waals surface area contributed by atoms with Gasteiger partial charge in [-0.15, -0.1) is 0 Å². The zero-order valence-electron chi connectivity index (χ0n) is 8.67. The second kappa shape index (κ2) is 3.35. The first-order chi connectivity index (χ1) is 5.49. The third-order valence-corrected chi connectivity index (χ3v) is 3.31. The number of likely N-dealkylation sites (N-methyl/N-ethyl adjacent to an activating group) is 1. The maximum Gasteiger partial charge on any atom is 0.0746 e. The van der Waals surface area contributed by atoms with Crippen molar-refractivity contribution in [3.8, 4) is 0 Å². The van der Waals surface area contributed by atoms with Crippen molar-refractivity contribution in [2.45, 2.75) is 45.8 Å². The molecular formula is C10H21NO. The fourth-order valence-electron chi connectivity index (χ4n) is 2.04. The molecule has 2 heteroatoms. The lowest BCUT2D eigenvalue weighted by Crippen LogP contribution is -2.41. The van der Waals surface area contributed by atoms with Crippen LogP contribution in [-0.2, 0) is 0 Å². The second-order valence-electron chi connectivity index (χ2n) is 4.61. The van der Waals surface area contributed by atoms with Crippen molar-refractivity contribution in [3.63, 3.8) is 0 Å². The molecular weight excluding hydrogens is 150 g/mol. The van der Waals surface area contributed by atoms with E-state index >= 15 is 0 Å². The molecule has 0 bridgehead atoms. The molecule has 1 aliphatic carbocycles. The van der Waals surface area contributed by atoms with Crippen LogP contribution in [0.15, 0.2) is 0 Å². The average Bonchev–Trinajstić information content (AvgIpc) is 2.27. The van der Waals surface area contributed by atoms with Gasteiger partial charge in [0.1, 0.15) is 0 Å². The van der Waals surface area contributed by atoms with Crippen LogP contribution in [0.5, 0.6) is 0 Å². The number of nitrogens with zero attached hydrogens (tertiary/aromatic N) is 1. The van der Waals surface area contributed by atoms with E-state index in [0.29, 0.717) is 6.04 Å². The van der Waals surface area contributed by atoms with E-state index in [1.54, 1.807) is 0 Å². The van der Waals surface area contributed by atoms with Crippen molar-refractivity contribution in [3.05, 3.63) is 0 Å². The third kappa shape index (κ3) is 1.64. The highest BCUT2D eigenvalue weighted by atomic mass is 16.3. The van der Waals surface area contributed by atoms with Gasteiger partial charge in [-0.25, -0.2) is 0 Å². The lowest BCUT2D eigenvalue weighted by Gasteiger charge is -2.30. The summed E-state index contributed by atoms with van der Waals surface area (Å²) < 4.78 is 0. The van der Waals surface area contributed by atoms with Crippen molar-refractivity contribution in [2.24, 2.45) is 5.41 Å². The fourth-order valence-corrected chi connectivity index (χ4v) is 2.04. The number of hydrogen-bond donors (Lipinski definition) is 1. The molecule has 0 aromatic rings. The van der Waals surface area contributed by atoms with Gasteiger partial charge >= 0.3 is 0 Å². The molecule has 0 spiro atoms. The summed E-state index contributed by atoms with van der Waals surface area (Å²) in [5, 5.41) is 9.98. The molecule has 0 aromatic carbocycles. The summed E-state index contributed by atoms with van der Waals surface area (Å²) in [4.78, 5) is 2.25. The monoisotopic (exact) mass is 171 g/mol. The SMILES string of the molecule is CCN(C)C1CCC(C)(C)C1O. The molecule has 0 aromatic heterocycles. The van der Waals surface area contributed by atoms with E-state index in [-0.39, 0.29) is 11.5 Å². The van der Waals surface area contributed by atoms with Crippen molar-refractivity contribution < 1.29 is 5.11 Å². The molecule has 1 fully saturated rings. The van der Waals surface area contributed by atoms with E-state index < -0.39 is 0 Å². The first kappa shape index (κ1) is 10.0. The van der Waals surface area contributed by atoms with Gasteiger partial charge in [0, 0.05) is 6.04 Å². The van der Waals surface area contributed by atoms with Crippen molar-refractivity contribution in [1.82, 2.24) is 4.90 Å². The Morgan fingerprint density at radius 1 is 1.50 bits per heavy atom. The van der Waals surface area contributed by atoms with Crippen LogP contribution in [0.3, 0.4) is 0 Å². The quantitative estimate of drug-likeness (QED) is 0.680. The van der Waals surface area contributed by atoms with Crippen molar-refractivity contribution in [1.29, 1.82) is 0 Å². The molecule has 12 heavy (non-hydrogen) atoms. The van der Waals surface area contributed by atoms with Gasteiger partial charge in [-0.2, -0.15) is 0 Å². The molecule has 1 aliphatic rings. The molecule has 2 atom stereocenters. The topological polar surface area (TPSA) is 23.5 Å². The van der Waals surface area contributed by atoms with Gasteiger partial charge in [0.05, 0.1) is 6.10 Å². The molecule has 0 radical (unpaired) electrons. The van der Waals surface area contributed by atoms with Gasteiger partial charge < -0.3 is 10.0 Å². The molecule has 1 saturated carbocycles. The highest BCUT2D eigenvalue weighted by molar-refractivity contribution is 4.95. The fraction of sp³-hybridized carbons (Fsp3) is 1.00. The van der Waals surface area contributed by atoms with E-state index in [9.17, 15) is 5.11 Å². The largest absolute Gasteiger partial charge is 0.391 e. The van der Waals surface area contributed by atoms with Crippen LogP contribution in [0.1, 0.15) is 33.6 Å². The zero-order valence-corrected chi connectivity index (χ0v) is 8.67. The Bertz CT molecular complexity index is 156. The summed E-state index contributed by atoms with van der Waals surface area (Å²) in [7, 11) is 2.09. The number of hydrogen-bond acceptors (Lipinski definition) is 2. The first-order valence-electron chi connectivity index (χ1n) is 4.87. The van der Waals surface area contributed by atoms with Gasteiger partial charge in [-0.05, 0) is 31.8 Å². The molecule has 0 heterocycles. The van der Waals surface area contributed by atoms with Gasteiger partial charge in [0.15, 0.2) is 0 Å². The van der Waals surface area contributed by atoms with Gasteiger partial charge in [0.2, 0.25) is 0 Å². The summed E-state index contributed by atoms with van der Waals surface area (Å²) in [6.07, 6.45) is 2.13. The predicted molar refractivity (Wildman–Crippen MR) is 51.1 cm³/mol. The Balaban J connectivity index is 2.61. The zero-order chi connectivity index (χ0) is 9.35. The predicted octanol–water partition coefficient (Wildman–Crippen LogP) is 1.49. The summed E-state index contributed by atoms with van der Waals surface area (Å²) in [5.41, 5.74) is 0.119. The lowest BCUT2D eigenvalue weighted by atomic mass is 9.89. The Hall–Kier alpha value is -0.0800. The summed E-state index contributed by atoms with van der Waals surface area (Å²) in [6.45, 7) is 7.47. The van der Waals surface area contributed by atoms with Crippen LogP contribution < -0.4 is 0 Å². The maximum absolute atomic E-state index is 9.98. The van der Waals surface area contributed by atoms with Crippen LogP contribution >= 0.6 is 0 Å². The highest BCUT2D eigenvalue weighted by Crippen LogP contribution is 2.39. The number of aliphatic hydroxyl groups is 1. The van der Waals surface area contributed by atoms with E-state index in [4.69, 9.17) is 0 Å². The smallest absolute Gasteiger partial charge is 0.0746 e. The van der Waals surface area contributed by atoms with Crippen molar-refractivity contribution >= 4 is 0 Å². The highest BCUT2D eigenvalue weighted by Gasteiger charge is 2.41. The molecule has 2 unspecified atom stereocenters. The van der Waals surface area contributed by atoms with Gasteiger partial charge in [0.25, 0.3) is 0 Å². The Labute approximate surface area is 75.6 Å². The molecule has 0 aliphatic heterocycles. The summed E-state index contributed by atoms with van der Waals surface area (Å²) in [5.74, 6) is 0. The summed E-state index contributed by atoms with van der Waals surface area (Å²) >= 11 is 0. The van der Waals surface area contributed by atoms with Gasteiger partial charge in [-0.1, -0.05) is 20.8 Å². The minimum absolute atomic E-state index is 0.119. The molecule has 1 rings (SSSR count).